The van der Waals surface area contributed by atoms with E-state index in [1.165, 1.54) is 6.42 Å². The Bertz CT molecular complexity index is 1220. The van der Waals surface area contributed by atoms with Gasteiger partial charge in [0.1, 0.15) is 11.9 Å². The fourth-order valence-electron chi connectivity index (χ4n) is 6.16. The molecule has 1 heterocycles. The average Bonchev–Trinajstić information content (AvgIpc) is 2.93. The third-order valence-electron chi connectivity index (χ3n) is 8.13. The maximum absolute atomic E-state index is 13.9. The second kappa shape index (κ2) is 12.0. The highest BCUT2D eigenvalue weighted by Gasteiger charge is 2.42. The van der Waals surface area contributed by atoms with Crippen molar-refractivity contribution >= 4 is 11.8 Å². The van der Waals surface area contributed by atoms with Crippen LogP contribution >= 0.6 is 0 Å². The number of nitrogens with one attached hydrogen (secondary N) is 1. The van der Waals surface area contributed by atoms with Gasteiger partial charge in [0, 0.05) is 29.0 Å². The lowest BCUT2D eigenvalue weighted by atomic mass is 9.71. The Morgan fingerprint density at radius 1 is 0.974 bits per heavy atom. The van der Waals surface area contributed by atoms with Crippen molar-refractivity contribution < 1.29 is 19.1 Å². The summed E-state index contributed by atoms with van der Waals surface area (Å²) in [6.07, 6.45) is 8.22. The lowest BCUT2D eigenvalue weighted by Crippen LogP contribution is -2.37. The summed E-state index contributed by atoms with van der Waals surface area (Å²) in [4.78, 5) is 27.7. The fraction of sp³-hybridized carbons (Fsp3) is 0.455. The minimum atomic E-state index is -0.510. The molecule has 2 aromatic carbocycles. The molecule has 3 aliphatic rings. The first kappa shape index (κ1) is 26.3. The molecule has 2 atom stereocenters. The van der Waals surface area contributed by atoms with Gasteiger partial charge < -0.3 is 14.8 Å². The van der Waals surface area contributed by atoms with Crippen molar-refractivity contribution in [2.24, 2.45) is 0 Å². The summed E-state index contributed by atoms with van der Waals surface area (Å²) >= 11 is 0. The van der Waals surface area contributed by atoms with Crippen molar-refractivity contribution in [3.63, 3.8) is 0 Å². The minimum absolute atomic E-state index is 0.0619. The van der Waals surface area contributed by atoms with E-state index in [9.17, 15) is 9.59 Å². The van der Waals surface area contributed by atoms with Crippen LogP contribution in [0.3, 0.4) is 0 Å². The minimum Gasteiger partial charge on any atom is -0.493 e. The molecule has 0 spiro atoms. The Morgan fingerprint density at radius 2 is 1.71 bits per heavy atom. The van der Waals surface area contributed by atoms with Gasteiger partial charge in [-0.05, 0) is 63.0 Å². The van der Waals surface area contributed by atoms with E-state index < -0.39 is 5.92 Å². The Hall–Kier alpha value is -3.34. The molecule has 5 rings (SSSR count). The smallest absolute Gasteiger partial charge is 0.337 e. The topological polar surface area (TPSA) is 64.6 Å². The predicted octanol–water partition coefficient (Wildman–Crippen LogP) is 7.10. The highest BCUT2D eigenvalue weighted by Crippen LogP contribution is 2.48. The first-order valence-electron chi connectivity index (χ1n) is 14.3. The lowest BCUT2D eigenvalue weighted by Gasteiger charge is -2.37. The number of carbonyl (C=O) groups excluding carboxylic acids is 2. The van der Waals surface area contributed by atoms with E-state index in [2.05, 4.69) is 24.4 Å². The standard InChI is InChI=1S/C33H39NO4/c1-3-4-19-37-29-18-12-11-17-26(29)31-30(33(36)38-25-15-9-6-10-16-25)22(2)34-27-20-24(21-28(35)32(27)31)23-13-7-5-8-14-23/h5,7-8,11-14,17-18,24-25,31,34H,3-4,6,9-10,15-16,19-21H2,1-2H3. The number of carbonyl (C=O) groups is 2. The number of ether oxygens (including phenoxy) is 2. The molecule has 5 heteroatoms. The van der Waals surface area contributed by atoms with Gasteiger partial charge in [-0.2, -0.15) is 0 Å². The Morgan fingerprint density at radius 3 is 2.47 bits per heavy atom. The van der Waals surface area contributed by atoms with E-state index in [4.69, 9.17) is 9.47 Å². The van der Waals surface area contributed by atoms with E-state index in [-0.39, 0.29) is 23.8 Å². The van der Waals surface area contributed by atoms with Crippen molar-refractivity contribution in [1.29, 1.82) is 0 Å². The van der Waals surface area contributed by atoms with Gasteiger partial charge in [-0.25, -0.2) is 4.79 Å². The molecule has 200 valence electrons. The fourth-order valence-corrected chi connectivity index (χ4v) is 6.16. The molecule has 0 bridgehead atoms. The van der Waals surface area contributed by atoms with Crippen LogP contribution in [0.4, 0.5) is 0 Å². The summed E-state index contributed by atoms with van der Waals surface area (Å²) in [7, 11) is 0. The van der Waals surface area contributed by atoms with Crippen molar-refractivity contribution in [2.45, 2.75) is 89.6 Å². The van der Waals surface area contributed by atoms with Gasteiger partial charge >= 0.3 is 5.97 Å². The molecule has 1 aliphatic heterocycles. The number of ketones is 1. The number of hydrogen-bond donors (Lipinski definition) is 1. The van der Waals surface area contributed by atoms with Crippen LogP contribution in [-0.2, 0) is 14.3 Å². The van der Waals surface area contributed by atoms with Crippen LogP contribution < -0.4 is 10.1 Å². The van der Waals surface area contributed by atoms with Gasteiger partial charge in [0.25, 0.3) is 0 Å². The van der Waals surface area contributed by atoms with Crippen LogP contribution in [0.2, 0.25) is 0 Å². The maximum atomic E-state index is 13.9. The summed E-state index contributed by atoms with van der Waals surface area (Å²) < 4.78 is 12.3. The van der Waals surface area contributed by atoms with Crippen LogP contribution in [0.25, 0.3) is 0 Å². The number of Topliss-reactive ketones (excluding diaryl/α,β-unsaturated/α-hetero) is 1. The van der Waals surface area contributed by atoms with Crippen LogP contribution in [-0.4, -0.2) is 24.5 Å². The predicted molar refractivity (Wildman–Crippen MR) is 149 cm³/mol. The van der Waals surface area contributed by atoms with Crippen LogP contribution in [0.15, 0.2) is 77.1 Å². The number of rotatable bonds is 8. The first-order chi connectivity index (χ1) is 18.6. The van der Waals surface area contributed by atoms with Crippen molar-refractivity contribution in [3.8, 4) is 5.75 Å². The molecule has 38 heavy (non-hydrogen) atoms. The SMILES string of the molecule is CCCCOc1ccccc1C1C(C(=O)OC2CCCCC2)=C(C)NC2=C1C(=O)CC(c1ccccc1)C2. The highest BCUT2D eigenvalue weighted by molar-refractivity contribution is 6.04. The molecular formula is C33H39NO4. The largest absolute Gasteiger partial charge is 0.493 e. The molecule has 2 unspecified atom stereocenters. The second-order valence-electron chi connectivity index (χ2n) is 10.8. The van der Waals surface area contributed by atoms with Gasteiger partial charge in [-0.1, -0.05) is 68.3 Å². The second-order valence-corrected chi connectivity index (χ2v) is 10.8. The third-order valence-corrected chi connectivity index (χ3v) is 8.13. The number of unbranched alkanes of at least 4 members (excludes halogenated alkanes) is 1. The molecule has 2 aromatic rings. The molecule has 5 nitrogen and oxygen atoms in total. The van der Waals surface area contributed by atoms with Crippen molar-refractivity contribution in [2.75, 3.05) is 6.61 Å². The zero-order valence-corrected chi connectivity index (χ0v) is 22.6. The number of para-hydroxylation sites is 1. The van der Waals surface area contributed by atoms with Crippen LogP contribution in [0, 0.1) is 0 Å². The highest BCUT2D eigenvalue weighted by atomic mass is 16.5. The monoisotopic (exact) mass is 513 g/mol. The Balaban J connectivity index is 1.55. The average molecular weight is 514 g/mol. The van der Waals surface area contributed by atoms with Gasteiger partial charge in [0.05, 0.1) is 18.1 Å². The van der Waals surface area contributed by atoms with Crippen LogP contribution in [0.1, 0.15) is 94.6 Å². The van der Waals surface area contributed by atoms with E-state index in [1.54, 1.807) is 0 Å². The quantitative estimate of drug-likeness (QED) is 0.301. The molecular weight excluding hydrogens is 474 g/mol. The Labute approximate surface area is 226 Å². The van der Waals surface area contributed by atoms with Crippen molar-refractivity contribution in [1.82, 2.24) is 5.32 Å². The zero-order valence-electron chi connectivity index (χ0n) is 22.6. The summed E-state index contributed by atoms with van der Waals surface area (Å²) in [5, 5.41) is 3.48. The lowest BCUT2D eigenvalue weighted by molar-refractivity contribution is -0.146. The summed E-state index contributed by atoms with van der Waals surface area (Å²) in [6.45, 7) is 4.67. The van der Waals surface area contributed by atoms with Gasteiger partial charge in [-0.15, -0.1) is 0 Å². The molecule has 1 N–H and O–H groups in total. The molecule has 2 aliphatic carbocycles. The molecule has 1 fully saturated rings. The van der Waals surface area contributed by atoms with E-state index >= 15 is 0 Å². The Kier molecular flexibility index (Phi) is 8.31. The normalized spacial score (nSPS) is 22.1. The van der Waals surface area contributed by atoms with Crippen molar-refractivity contribution in [3.05, 3.63) is 88.3 Å². The molecule has 0 radical (unpaired) electrons. The summed E-state index contributed by atoms with van der Waals surface area (Å²) in [6, 6.07) is 18.1. The van der Waals surface area contributed by atoms with E-state index in [0.29, 0.717) is 24.2 Å². The summed E-state index contributed by atoms with van der Waals surface area (Å²) in [5.74, 6) is 0.0873. The number of allylic oxidation sites excluding steroid dienone is 3. The third kappa shape index (κ3) is 5.57. The number of benzene rings is 2. The van der Waals surface area contributed by atoms with Crippen LogP contribution in [0.5, 0.6) is 5.75 Å². The number of dihydropyridines is 1. The molecule has 0 aromatic heterocycles. The maximum Gasteiger partial charge on any atom is 0.337 e. The van der Waals surface area contributed by atoms with Gasteiger partial charge in [-0.3, -0.25) is 4.79 Å². The molecule has 1 saturated carbocycles. The number of hydrogen-bond acceptors (Lipinski definition) is 5. The zero-order chi connectivity index (χ0) is 26.5. The van der Waals surface area contributed by atoms with Gasteiger partial charge in [0.2, 0.25) is 0 Å². The van der Waals surface area contributed by atoms with Gasteiger partial charge in [0.15, 0.2) is 5.78 Å². The first-order valence-corrected chi connectivity index (χ1v) is 14.3. The molecule has 0 saturated heterocycles. The van der Waals surface area contributed by atoms with E-state index in [0.717, 1.165) is 73.2 Å². The van der Waals surface area contributed by atoms with E-state index in [1.807, 2.05) is 49.4 Å². The summed E-state index contributed by atoms with van der Waals surface area (Å²) in [5.41, 5.74) is 4.92. The number of esters is 1. The molecule has 0 amide bonds.